The van der Waals surface area contributed by atoms with E-state index >= 15 is 0 Å². The molecular weight excluding hydrogens is 425 g/mol. The smallest absolute Gasteiger partial charge is 0.246 e. The molecule has 146 valence electrons. The van der Waals surface area contributed by atoms with Gasteiger partial charge in [0.15, 0.2) is 0 Å². The molecule has 2 amide bonds. The molecule has 2 aromatic carbocycles. The van der Waals surface area contributed by atoms with Gasteiger partial charge in [0.1, 0.15) is 5.82 Å². The van der Waals surface area contributed by atoms with E-state index in [1.165, 1.54) is 12.1 Å². The molecule has 1 N–H and O–H groups in total. The standard InChI is InChI=1S/C21H21BrFN3O2/c22-19-7-2-1-4-16(19)8-9-21(28)26-12-10-25(11-13-26)15-20(27)24-18-6-3-5-17(23)14-18/h1-9,14H,10-13,15H2,(H,24,27). The molecule has 2 aromatic rings. The van der Waals surface area contributed by atoms with Gasteiger partial charge >= 0.3 is 0 Å². The highest BCUT2D eigenvalue weighted by molar-refractivity contribution is 9.10. The number of amides is 2. The van der Waals surface area contributed by atoms with Gasteiger partial charge in [-0.1, -0.05) is 40.2 Å². The van der Waals surface area contributed by atoms with E-state index in [4.69, 9.17) is 0 Å². The fourth-order valence-corrected chi connectivity index (χ4v) is 3.39. The predicted octanol–water partition coefficient (Wildman–Crippen LogP) is 3.38. The maximum absolute atomic E-state index is 13.2. The summed E-state index contributed by atoms with van der Waals surface area (Å²) in [4.78, 5) is 28.3. The molecule has 28 heavy (non-hydrogen) atoms. The number of hydrogen-bond acceptors (Lipinski definition) is 3. The Morgan fingerprint density at radius 1 is 1.07 bits per heavy atom. The van der Waals surface area contributed by atoms with Gasteiger partial charge in [0.05, 0.1) is 6.54 Å². The lowest BCUT2D eigenvalue weighted by molar-refractivity contribution is -0.127. The number of piperazine rings is 1. The molecule has 0 radical (unpaired) electrons. The van der Waals surface area contributed by atoms with Crippen LogP contribution < -0.4 is 5.32 Å². The lowest BCUT2D eigenvalue weighted by Crippen LogP contribution is -2.50. The van der Waals surface area contributed by atoms with Crippen LogP contribution in [0.15, 0.2) is 59.1 Å². The largest absolute Gasteiger partial charge is 0.337 e. The number of carbonyl (C=O) groups is 2. The fraction of sp³-hybridized carbons (Fsp3) is 0.238. The zero-order chi connectivity index (χ0) is 19.9. The van der Waals surface area contributed by atoms with Gasteiger partial charge in [0.25, 0.3) is 0 Å². The first-order valence-corrected chi connectivity index (χ1v) is 9.80. The Kier molecular flexibility index (Phi) is 6.95. The number of rotatable bonds is 5. The molecule has 1 heterocycles. The van der Waals surface area contributed by atoms with Crippen molar-refractivity contribution in [1.29, 1.82) is 0 Å². The number of carbonyl (C=O) groups excluding carboxylic acids is 2. The lowest BCUT2D eigenvalue weighted by atomic mass is 10.2. The summed E-state index contributed by atoms with van der Waals surface area (Å²) in [7, 11) is 0. The van der Waals surface area contributed by atoms with E-state index in [-0.39, 0.29) is 24.2 Å². The van der Waals surface area contributed by atoms with Crippen LogP contribution in [0.4, 0.5) is 10.1 Å². The molecule has 1 aliphatic rings. The van der Waals surface area contributed by atoms with Gasteiger partial charge in [0, 0.05) is 42.4 Å². The molecule has 0 unspecified atom stereocenters. The van der Waals surface area contributed by atoms with Gasteiger partial charge in [-0.25, -0.2) is 4.39 Å². The number of nitrogens with one attached hydrogen (secondary N) is 1. The fourth-order valence-electron chi connectivity index (χ4n) is 2.97. The van der Waals surface area contributed by atoms with Crippen molar-refractivity contribution in [2.24, 2.45) is 0 Å². The maximum atomic E-state index is 13.2. The van der Waals surface area contributed by atoms with Crippen molar-refractivity contribution in [3.05, 3.63) is 70.5 Å². The van der Waals surface area contributed by atoms with Gasteiger partial charge in [-0.05, 0) is 35.9 Å². The molecule has 0 aromatic heterocycles. The average Bonchev–Trinajstić information content (AvgIpc) is 2.67. The Morgan fingerprint density at radius 3 is 2.54 bits per heavy atom. The third kappa shape index (κ3) is 5.74. The van der Waals surface area contributed by atoms with Crippen molar-refractivity contribution >= 4 is 39.5 Å². The number of hydrogen-bond donors (Lipinski definition) is 1. The van der Waals surface area contributed by atoms with Gasteiger partial charge in [-0.3, -0.25) is 14.5 Å². The minimum Gasteiger partial charge on any atom is -0.337 e. The van der Waals surface area contributed by atoms with E-state index in [1.807, 2.05) is 29.2 Å². The summed E-state index contributed by atoms with van der Waals surface area (Å²) in [6, 6.07) is 13.5. The van der Waals surface area contributed by atoms with Crippen LogP contribution in [0.2, 0.25) is 0 Å². The summed E-state index contributed by atoms with van der Waals surface area (Å²) in [5, 5.41) is 2.69. The molecule has 0 saturated carbocycles. The molecule has 0 atom stereocenters. The second-order valence-corrected chi connectivity index (χ2v) is 7.37. The van der Waals surface area contributed by atoms with E-state index in [2.05, 4.69) is 21.2 Å². The van der Waals surface area contributed by atoms with Crippen LogP contribution in [0, 0.1) is 5.82 Å². The predicted molar refractivity (Wildman–Crippen MR) is 111 cm³/mol. The van der Waals surface area contributed by atoms with E-state index in [0.717, 1.165) is 10.0 Å². The van der Waals surface area contributed by atoms with Crippen molar-refractivity contribution in [2.45, 2.75) is 0 Å². The van der Waals surface area contributed by atoms with Crippen molar-refractivity contribution in [3.8, 4) is 0 Å². The molecule has 0 aliphatic carbocycles. The first-order valence-electron chi connectivity index (χ1n) is 9.00. The zero-order valence-electron chi connectivity index (χ0n) is 15.3. The van der Waals surface area contributed by atoms with E-state index in [0.29, 0.717) is 31.9 Å². The highest BCUT2D eigenvalue weighted by Gasteiger charge is 2.21. The number of nitrogens with zero attached hydrogens (tertiary/aromatic N) is 2. The van der Waals surface area contributed by atoms with Crippen LogP contribution in [-0.4, -0.2) is 54.3 Å². The second-order valence-electron chi connectivity index (χ2n) is 6.51. The normalized spacial score (nSPS) is 15.0. The van der Waals surface area contributed by atoms with Crippen LogP contribution in [-0.2, 0) is 9.59 Å². The molecule has 1 fully saturated rings. The number of halogens is 2. The van der Waals surface area contributed by atoms with E-state index in [1.54, 1.807) is 29.2 Å². The Labute approximate surface area is 172 Å². The minimum absolute atomic E-state index is 0.0420. The number of anilines is 1. The zero-order valence-corrected chi connectivity index (χ0v) is 16.9. The first-order chi connectivity index (χ1) is 13.5. The summed E-state index contributed by atoms with van der Waals surface area (Å²) in [6.45, 7) is 2.57. The quantitative estimate of drug-likeness (QED) is 0.717. The highest BCUT2D eigenvalue weighted by Crippen LogP contribution is 2.17. The average molecular weight is 446 g/mol. The van der Waals surface area contributed by atoms with Crippen LogP contribution in [0.1, 0.15) is 5.56 Å². The van der Waals surface area contributed by atoms with Crippen LogP contribution in [0.25, 0.3) is 6.08 Å². The topological polar surface area (TPSA) is 52.7 Å². The Balaban J connectivity index is 1.45. The Morgan fingerprint density at radius 2 is 1.82 bits per heavy atom. The van der Waals surface area contributed by atoms with Crippen LogP contribution in [0.5, 0.6) is 0 Å². The molecule has 3 rings (SSSR count). The third-order valence-corrected chi connectivity index (χ3v) is 5.19. The first kappa shape index (κ1) is 20.2. The summed E-state index contributed by atoms with van der Waals surface area (Å²) in [5.74, 6) is -0.626. The molecule has 1 saturated heterocycles. The summed E-state index contributed by atoms with van der Waals surface area (Å²) < 4.78 is 14.1. The van der Waals surface area contributed by atoms with E-state index in [9.17, 15) is 14.0 Å². The molecule has 1 aliphatic heterocycles. The molecule has 7 heteroatoms. The lowest BCUT2D eigenvalue weighted by Gasteiger charge is -2.33. The SMILES string of the molecule is O=C(CN1CCN(C(=O)C=Cc2ccccc2Br)CC1)Nc1cccc(F)c1. The van der Waals surface area contributed by atoms with E-state index < -0.39 is 0 Å². The highest BCUT2D eigenvalue weighted by atomic mass is 79.9. The van der Waals surface area contributed by atoms with Crippen molar-refractivity contribution in [3.63, 3.8) is 0 Å². The molecule has 0 spiro atoms. The molecule has 0 bridgehead atoms. The third-order valence-electron chi connectivity index (χ3n) is 4.47. The monoisotopic (exact) mass is 445 g/mol. The Bertz CT molecular complexity index is 879. The van der Waals surface area contributed by atoms with Crippen molar-refractivity contribution < 1.29 is 14.0 Å². The van der Waals surface area contributed by atoms with Gasteiger partial charge in [0.2, 0.25) is 11.8 Å². The number of benzene rings is 2. The van der Waals surface area contributed by atoms with Crippen LogP contribution in [0.3, 0.4) is 0 Å². The summed E-state index contributed by atoms with van der Waals surface area (Å²) in [5.41, 5.74) is 1.39. The van der Waals surface area contributed by atoms with Crippen molar-refractivity contribution in [2.75, 3.05) is 38.0 Å². The van der Waals surface area contributed by atoms with Gasteiger partial charge < -0.3 is 10.2 Å². The Hall–Kier alpha value is -2.51. The molecular formula is C21H21BrFN3O2. The van der Waals surface area contributed by atoms with Gasteiger partial charge in [-0.15, -0.1) is 0 Å². The van der Waals surface area contributed by atoms with Gasteiger partial charge in [-0.2, -0.15) is 0 Å². The summed E-state index contributed by atoms with van der Waals surface area (Å²) in [6.07, 6.45) is 3.37. The maximum Gasteiger partial charge on any atom is 0.246 e. The molecule has 5 nitrogen and oxygen atoms in total. The second kappa shape index (κ2) is 9.61. The van der Waals surface area contributed by atoms with Crippen LogP contribution >= 0.6 is 15.9 Å². The van der Waals surface area contributed by atoms with Crippen molar-refractivity contribution in [1.82, 2.24) is 9.80 Å². The summed E-state index contributed by atoms with van der Waals surface area (Å²) >= 11 is 3.46. The minimum atomic E-state index is -0.388.